The van der Waals surface area contributed by atoms with Crippen molar-refractivity contribution in [2.24, 2.45) is 0 Å². The van der Waals surface area contributed by atoms with E-state index in [1.807, 2.05) is 32.0 Å². The average molecular weight is 544 g/mol. The highest BCUT2D eigenvalue weighted by Gasteiger charge is 2.28. The zero-order chi connectivity index (χ0) is 25.1. The minimum Gasteiger partial charge on any atom is -0.348 e. The maximum Gasteiger partial charge on any atom is 0.264 e. The molecular weight excluding hydrogens is 512 g/mol. The Morgan fingerprint density at radius 2 is 1.62 bits per heavy atom. The van der Waals surface area contributed by atoms with Crippen LogP contribution in [0, 0.1) is 6.92 Å². The second kappa shape index (κ2) is 10.3. The smallest absolute Gasteiger partial charge is 0.264 e. The molecule has 1 unspecified atom stereocenters. The van der Waals surface area contributed by atoms with Crippen LogP contribution >= 0.6 is 15.9 Å². The van der Waals surface area contributed by atoms with Gasteiger partial charge in [-0.3, -0.25) is 9.10 Å². The minimum absolute atomic E-state index is 0.0415. The summed E-state index contributed by atoms with van der Waals surface area (Å²) in [5.74, 6) is -0.386. The van der Waals surface area contributed by atoms with E-state index < -0.39 is 10.0 Å². The molecule has 0 saturated heterocycles. The summed E-state index contributed by atoms with van der Waals surface area (Å²) in [5.41, 5.74) is 3.57. The van der Waals surface area contributed by atoms with Gasteiger partial charge in [-0.15, -0.1) is 0 Å². The van der Waals surface area contributed by atoms with Gasteiger partial charge in [-0.05, 0) is 60.7 Å². The van der Waals surface area contributed by atoms with E-state index >= 15 is 0 Å². The van der Waals surface area contributed by atoms with Crippen molar-refractivity contribution < 1.29 is 13.2 Å². The second-order valence-corrected chi connectivity index (χ2v) is 12.2. The third-order valence-electron chi connectivity index (χ3n) is 5.65. The number of amides is 1. The Bertz CT molecular complexity index is 1250. The lowest BCUT2D eigenvalue weighted by Crippen LogP contribution is -2.41. The fourth-order valence-electron chi connectivity index (χ4n) is 3.56. The number of rotatable bonds is 7. The number of benzene rings is 3. The molecule has 3 aromatic carbocycles. The molecule has 180 valence electrons. The highest BCUT2D eigenvalue weighted by molar-refractivity contribution is 9.10. The van der Waals surface area contributed by atoms with Gasteiger partial charge in [0.05, 0.1) is 16.6 Å². The van der Waals surface area contributed by atoms with Gasteiger partial charge >= 0.3 is 0 Å². The highest BCUT2D eigenvalue weighted by atomic mass is 79.9. The van der Waals surface area contributed by atoms with E-state index in [2.05, 4.69) is 54.2 Å². The van der Waals surface area contributed by atoms with E-state index in [0.717, 1.165) is 19.9 Å². The summed E-state index contributed by atoms with van der Waals surface area (Å²) in [6.45, 7) is 9.90. The number of halogens is 1. The molecule has 0 radical (unpaired) electrons. The number of nitrogens with one attached hydrogen (secondary N) is 1. The summed E-state index contributed by atoms with van der Waals surface area (Å²) in [4.78, 5) is 13.2. The van der Waals surface area contributed by atoms with Crippen molar-refractivity contribution in [3.63, 3.8) is 0 Å². The van der Waals surface area contributed by atoms with Crippen molar-refractivity contribution in [3.8, 4) is 0 Å². The lowest BCUT2D eigenvalue weighted by atomic mass is 9.86. The van der Waals surface area contributed by atoms with Crippen molar-refractivity contribution in [2.75, 3.05) is 10.8 Å². The molecule has 0 aliphatic rings. The van der Waals surface area contributed by atoms with E-state index in [9.17, 15) is 13.2 Å². The number of carbonyl (C=O) groups excluding carboxylic acids is 1. The van der Waals surface area contributed by atoms with Gasteiger partial charge in [0.15, 0.2) is 0 Å². The quantitative estimate of drug-likeness (QED) is 0.390. The number of hydrogen-bond donors (Lipinski definition) is 1. The topological polar surface area (TPSA) is 66.5 Å². The van der Waals surface area contributed by atoms with Gasteiger partial charge in [-0.1, -0.05) is 84.7 Å². The van der Waals surface area contributed by atoms with Gasteiger partial charge in [0, 0.05) is 4.47 Å². The number of sulfonamides is 1. The van der Waals surface area contributed by atoms with Gasteiger partial charge in [0.2, 0.25) is 5.91 Å². The van der Waals surface area contributed by atoms with Crippen LogP contribution < -0.4 is 9.62 Å². The molecule has 0 saturated carbocycles. The Morgan fingerprint density at radius 1 is 1.00 bits per heavy atom. The van der Waals surface area contributed by atoms with Crippen LogP contribution in [0.5, 0.6) is 0 Å². The van der Waals surface area contributed by atoms with E-state index in [1.54, 1.807) is 42.5 Å². The standard InChI is InChI=1S/C27H31BrN2O3S/c1-19-9-15-25(16-10-19)34(32,33)30(24-8-6-7-23(28)17-24)18-26(31)29-20(2)21-11-13-22(14-12-21)27(3,4)5/h6-17,20H,18H2,1-5H3,(H,29,31). The van der Waals surface area contributed by atoms with Gasteiger partial charge < -0.3 is 5.32 Å². The molecule has 7 heteroatoms. The number of hydrogen-bond acceptors (Lipinski definition) is 3. The summed E-state index contributed by atoms with van der Waals surface area (Å²) in [5, 5.41) is 2.95. The van der Waals surface area contributed by atoms with Crippen LogP contribution in [-0.2, 0) is 20.2 Å². The molecule has 0 aliphatic carbocycles. The first-order chi connectivity index (χ1) is 15.9. The number of carbonyl (C=O) groups is 1. The Balaban J connectivity index is 1.85. The van der Waals surface area contributed by atoms with Crippen molar-refractivity contribution in [2.45, 2.75) is 51.0 Å². The van der Waals surface area contributed by atoms with Crippen molar-refractivity contribution >= 4 is 37.5 Å². The third-order valence-corrected chi connectivity index (χ3v) is 7.93. The summed E-state index contributed by atoms with van der Waals surface area (Å²) in [6, 6.07) is 21.4. The molecule has 0 heterocycles. The number of anilines is 1. The minimum atomic E-state index is -3.95. The van der Waals surface area contributed by atoms with Crippen LogP contribution in [0.15, 0.2) is 82.2 Å². The molecule has 0 aliphatic heterocycles. The van der Waals surface area contributed by atoms with E-state index in [-0.39, 0.29) is 28.8 Å². The highest BCUT2D eigenvalue weighted by Crippen LogP contribution is 2.27. The maximum atomic E-state index is 13.5. The molecule has 0 fully saturated rings. The predicted octanol–water partition coefficient (Wildman–Crippen LogP) is 6.13. The van der Waals surface area contributed by atoms with E-state index in [0.29, 0.717) is 5.69 Å². The van der Waals surface area contributed by atoms with Gasteiger partial charge in [-0.2, -0.15) is 0 Å². The lowest BCUT2D eigenvalue weighted by Gasteiger charge is -2.25. The van der Waals surface area contributed by atoms with Crippen LogP contribution in [0.2, 0.25) is 0 Å². The summed E-state index contributed by atoms with van der Waals surface area (Å²) in [6.07, 6.45) is 0. The van der Waals surface area contributed by atoms with Crippen LogP contribution in [-0.4, -0.2) is 20.9 Å². The molecule has 1 atom stereocenters. The van der Waals surface area contributed by atoms with Crippen LogP contribution in [0.1, 0.15) is 50.4 Å². The number of aryl methyl sites for hydroxylation is 1. The predicted molar refractivity (Wildman–Crippen MR) is 142 cm³/mol. The molecule has 5 nitrogen and oxygen atoms in total. The molecule has 0 spiro atoms. The zero-order valence-corrected chi connectivity index (χ0v) is 22.6. The average Bonchev–Trinajstić information content (AvgIpc) is 2.77. The lowest BCUT2D eigenvalue weighted by molar-refractivity contribution is -0.120. The van der Waals surface area contributed by atoms with Gasteiger partial charge in [0.1, 0.15) is 6.54 Å². The van der Waals surface area contributed by atoms with E-state index in [4.69, 9.17) is 0 Å². The first-order valence-corrected chi connectivity index (χ1v) is 13.4. The largest absolute Gasteiger partial charge is 0.348 e. The summed E-state index contributed by atoms with van der Waals surface area (Å²) in [7, 11) is -3.95. The first-order valence-electron chi connectivity index (χ1n) is 11.1. The first kappa shape index (κ1) is 26.0. The Labute approximate surface area is 211 Å². The van der Waals surface area contributed by atoms with E-state index in [1.165, 1.54) is 5.56 Å². The number of nitrogens with zero attached hydrogens (tertiary/aromatic N) is 1. The SMILES string of the molecule is Cc1ccc(S(=O)(=O)N(CC(=O)NC(C)c2ccc(C(C)(C)C)cc2)c2cccc(Br)c2)cc1. The fourth-order valence-corrected chi connectivity index (χ4v) is 5.36. The molecule has 0 bridgehead atoms. The molecule has 3 rings (SSSR count). The molecular formula is C27H31BrN2O3S. The van der Waals surface area contributed by atoms with Gasteiger partial charge in [-0.25, -0.2) is 8.42 Å². The summed E-state index contributed by atoms with van der Waals surface area (Å²) >= 11 is 3.40. The molecule has 1 amide bonds. The Morgan fingerprint density at radius 3 is 2.18 bits per heavy atom. The van der Waals surface area contributed by atoms with Crippen LogP contribution in [0.25, 0.3) is 0 Å². The normalized spacial score (nSPS) is 12.8. The van der Waals surface area contributed by atoms with Gasteiger partial charge in [0.25, 0.3) is 10.0 Å². The Kier molecular flexibility index (Phi) is 7.88. The van der Waals surface area contributed by atoms with Crippen molar-refractivity contribution in [3.05, 3.63) is 94.0 Å². The van der Waals surface area contributed by atoms with Crippen LogP contribution in [0.4, 0.5) is 5.69 Å². The maximum absolute atomic E-state index is 13.5. The second-order valence-electron chi connectivity index (χ2n) is 9.47. The van der Waals surface area contributed by atoms with Crippen molar-refractivity contribution in [1.82, 2.24) is 5.32 Å². The van der Waals surface area contributed by atoms with Crippen LogP contribution in [0.3, 0.4) is 0 Å². The molecule has 1 N–H and O–H groups in total. The molecule has 0 aromatic heterocycles. The summed E-state index contributed by atoms with van der Waals surface area (Å²) < 4.78 is 28.9. The third kappa shape index (κ3) is 6.27. The Hall–Kier alpha value is -2.64. The monoisotopic (exact) mass is 542 g/mol. The zero-order valence-electron chi connectivity index (χ0n) is 20.2. The van der Waals surface area contributed by atoms with Crippen molar-refractivity contribution in [1.29, 1.82) is 0 Å². The fraction of sp³-hybridized carbons (Fsp3) is 0.296. The molecule has 3 aromatic rings. The molecule has 34 heavy (non-hydrogen) atoms.